The molecule has 1 N–H and O–H groups in total. The molecule has 0 saturated carbocycles. The van der Waals surface area contributed by atoms with Gasteiger partial charge in [-0.2, -0.15) is 0 Å². The molecule has 0 radical (unpaired) electrons. The van der Waals surface area contributed by atoms with E-state index in [1.54, 1.807) is 18.2 Å². The highest BCUT2D eigenvalue weighted by molar-refractivity contribution is 6.15. The second kappa shape index (κ2) is 8.47. The second-order valence-electron chi connectivity index (χ2n) is 7.11. The van der Waals surface area contributed by atoms with Gasteiger partial charge >= 0.3 is 18.0 Å². The third-order valence-electron chi connectivity index (χ3n) is 5.11. The summed E-state index contributed by atoms with van der Waals surface area (Å²) in [4.78, 5) is 48.6. The minimum atomic E-state index is -0.686. The molecule has 1 fully saturated rings. The van der Waals surface area contributed by atoms with Crippen molar-refractivity contribution in [3.8, 4) is 5.69 Å². The summed E-state index contributed by atoms with van der Waals surface area (Å²) < 4.78 is 11.3. The maximum absolute atomic E-state index is 12.5. The average Bonchev–Trinajstić information content (AvgIpc) is 3.16. The Morgan fingerprint density at radius 3 is 2.39 bits per heavy atom. The number of carbonyl (C=O) groups excluding carboxylic acids is 4. The standard InChI is InChI=1S/C22H23N3O6/c1-12-8-15(21(28)31-5)6-7-18(12)25-13(2)9-16(14(25)3)10-17-20(27)24(22(29)23-17)11-19(26)30-4/h6-10H,11H2,1-5H3,(H,23,29)/b17-10+. The highest BCUT2D eigenvalue weighted by Crippen LogP contribution is 2.26. The number of methoxy groups -OCH3 is 2. The molecule has 1 aromatic carbocycles. The maximum atomic E-state index is 12.5. The van der Waals surface area contributed by atoms with Crippen LogP contribution in [0.15, 0.2) is 30.0 Å². The van der Waals surface area contributed by atoms with Crippen LogP contribution in [-0.4, -0.2) is 54.1 Å². The summed E-state index contributed by atoms with van der Waals surface area (Å²) in [5.74, 6) is -1.69. The molecular weight excluding hydrogens is 402 g/mol. The first-order valence-corrected chi connectivity index (χ1v) is 9.47. The van der Waals surface area contributed by atoms with Gasteiger partial charge in [-0.25, -0.2) is 14.5 Å². The Kier molecular flexibility index (Phi) is 5.96. The molecule has 9 nitrogen and oxygen atoms in total. The Morgan fingerprint density at radius 2 is 1.77 bits per heavy atom. The normalized spacial score (nSPS) is 14.7. The molecule has 0 bridgehead atoms. The van der Waals surface area contributed by atoms with Crippen LogP contribution in [0, 0.1) is 20.8 Å². The van der Waals surface area contributed by atoms with Gasteiger partial charge in [0.15, 0.2) is 0 Å². The topological polar surface area (TPSA) is 107 Å². The van der Waals surface area contributed by atoms with E-state index in [9.17, 15) is 19.2 Å². The fraction of sp³-hybridized carbons (Fsp3) is 0.273. The number of aromatic nitrogens is 1. The third kappa shape index (κ3) is 4.07. The van der Waals surface area contributed by atoms with Crippen molar-refractivity contribution in [3.63, 3.8) is 0 Å². The first kappa shape index (κ1) is 21.8. The summed E-state index contributed by atoms with van der Waals surface area (Å²) in [5.41, 5.74) is 4.76. The number of imide groups is 1. The van der Waals surface area contributed by atoms with Crippen LogP contribution in [0.4, 0.5) is 4.79 Å². The van der Waals surface area contributed by atoms with Crippen molar-refractivity contribution in [1.82, 2.24) is 14.8 Å². The lowest BCUT2D eigenvalue weighted by atomic mass is 10.1. The number of aryl methyl sites for hydroxylation is 2. The first-order valence-electron chi connectivity index (χ1n) is 9.47. The van der Waals surface area contributed by atoms with Gasteiger partial charge in [-0.1, -0.05) is 0 Å². The van der Waals surface area contributed by atoms with Crippen LogP contribution < -0.4 is 5.32 Å². The fourth-order valence-electron chi connectivity index (χ4n) is 3.52. The fourth-order valence-corrected chi connectivity index (χ4v) is 3.52. The first-order chi connectivity index (χ1) is 14.7. The molecule has 0 unspecified atom stereocenters. The Balaban J connectivity index is 1.96. The van der Waals surface area contributed by atoms with E-state index in [-0.39, 0.29) is 5.70 Å². The molecule has 31 heavy (non-hydrogen) atoms. The molecule has 1 aliphatic rings. The monoisotopic (exact) mass is 425 g/mol. The lowest BCUT2D eigenvalue weighted by molar-refractivity contribution is -0.143. The zero-order chi connectivity index (χ0) is 22.9. The zero-order valence-corrected chi connectivity index (χ0v) is 17.9. The van der Waals surface area contributed by atoms with Crippen molar-refractivity contribution in [3.05, 3.63) is 58.0 Å². The molecular formula is C22H23N3O6. The van der Waals surface area contributed by atoms with Crippen LogP contribution in [0.1, 0.15) is 32.9 Å². The summed E-state index contributed by atoms with van der Waals surface area (Å²) in [6.45, 7) is 5.25. The number of amides is 3. The zero-order valence-electron chi connectivity index (χ0n) is 17.9. The molecule has 9 heteroatoms. The Hall–Kier alpha value is -3.88. The van der Waals surface area contributed by atoms with Crippen LogP contribution in [-0.2, 0) is 19.1 Å². The van der Waals surface area contributed by atoms with Crippen molar-refractivity contribution >= 4 is 30.0 Å². The number of urea groups is 1. The third-order valence-corrected chi connectivity index (χ3v) is 5.11. The van der Waals surface area contributed by atoms with Gasteiger partial charge in [0.25, 0.3) is 5.91 Å². The molecule has 1 aromatic heterocycles. The van der Waals surface area contributed by atoms with Crippen LogP contribution in [0.3, 0.4) is 0 Å². The molecule has 3 amide bonds. The van der Waals surface area contributed by atoms with Gasteiger partial charge in [0.2, 0.25) is 0 Å². The highest BCUT2D eigenvalue weighted by atomic mass is 16.5. The lowest BCUT2D eigenvalue weighted by Crippen LogP contribution is -2.36. The Bertz CT molecular complexity index is 1130. The molecule has 0 aliphatic carbocycles. The predicted octanol–water partition coefficient (Wildman–Crippen LogP) is 2.25. The van der Waals surface area contributed by atoms with Crippen LogP contribution in [0.2, 0.25) is 0 Å². The van der Waals surface area contributed by atoms with E-state index in [0.29, 0.717) is 5.56 Å². The molecule has 1 saturated heterocycles. The molecule has 2 heterocycles. The number of hydrogen-bond acceptors (Lipinski definition) is 6. The van der Waals surface area contributed by atoms with Crippen molar-refractivity contribution in [2.75, 3.05) is 20.8 Å². The largest absolute Gasteiger partial charge is 0.468 e. The van der Waals surface area contributed by atoms with Crippen molar-refractivity contribution in [2.45, 2.75) is 20.8 Å². The highest BCUT2D eigenvalue weighted by Gasteiger charge is 2.35. The van der Waals surface area contributed by atoms with E-state index in [1.165, 1.54) is 14.2 Å². The minimum Gasteiger partial charge on any atom is -0.468 e. The minimum absolute atomic E-state index is 0.0758. The van der Waals surface area contributed by atoms with E-state index in [1.807, 2.05) is 37.5 Å². The van der Waals surface area contributed by atoms with Crippen LogP contribution in [0.25, 0.3) is 11.8 Å². The number of benzene rings is 1. The van der Waals surface area contributed by atoms with E-state index in [2.05, 4.69) is 10.1 Å². The molecule has 0 spiro atoms. The number of esters is 2. The van der Waals surface area contributed by atoms with Gasteiger partial charge in [0.05, 0.1) is 19.8 Å². The summed E-state index contributed by atoms with van der Waals surface area (Å²) in [7, 11) is 2.52. The van der Waals surface area contributed by atoms with Crippen molar-refractivity contribution in [2.24, 2.45) is 0 Å². The summed E-state index contributed by atoms with van der Waals surface area (Å²) >= 11 is 0. The van der Waals surface area contributed by atoms with Gasteiger partial charge in [-0.05, 0) is 62.2 Å². The van der Waals surface area contributed by atoms with Gasteiger partial charge < -0.3 is 19.4 Å². The van der Waals surface area contributed by atoms with Gasteiger partial charge in [0.1, 0.15) is 12.2 Å². The van der Waals surface area contributed by atoms with E-state index >= 15 is 0 Å². The Morgan fingerprint density at radius 1 is 1.06 bits per heavy atom. The molecule has 2 aromatic rings. The summed E-state index contributed by atoms with van der Waals surface area (Å²) in [6.07, 6.45) is 1.58. The number of rotatable bonds is 5. The summed E-state index contributed by atoms with van der Waals surface area (Å²) in [5, 5.41) is 2.50. The Labute approximate surface area is 179 Å². The van der Waals surface area contributed by atoms with Gasteiger partial charge in [0, 0.05) is 17.1 Å². The second-order valence-corrected chi connectivity index (χ2v) is 7.11. The number of hydrogen-bond donors (Lipinski definition) is 1. The SMILES string of the molecule is COC(=O)CN1C(=O)N/C(=C/c2cc(C)n(-c3ccc(C(=O)OC)cc3C)c2C)C1=O. The molecule has 162 valence electrons. The van der Waals surface area contributed by atoms with Crippen molar-refractivity contribution < 1.29 is 28.7 Å². The van der Waals surface area contributed by atoms with Gasteiger partial charge in [-0.3, -0.25) is 9.59 Å². The molecule has 1 aliphatic heterocycles. The van der Waals surface area contributed by atoms with Gasteiger partial charge in [-0.15, -0.1) is 0 Å². The smallest absolute Gasteiger partial charge is 0.337 e. The number of nitrogens with one attached hydrogen (secondary N) is 1. The van der Waals surface area contributed by atoms with Crippen LogP contribution in [0.5, 0.6) is 0 Å². The number of ether oxygens (including phenoxy) is 2. The summed E-state index contributed by atoms with van der Waals surface area (Å²) in [6, 6.07) is 6.49. The van der Waals surface area contributed by atoms with E-state index < -0.39 is 30.4 Å². The van der Waals surface area contributed by atoms with Crippen LogP contribution >= 0.6 is 0 Å². The van der Waals surface area contributed by atoms with E-state index in [4.69, 9.17) is 4.74 Å². The predicted molar refractivity (Wildman–Crippen MR) is 112 cm³/mol. The van der Waals surface area contributed by atoms with E-state index in [0.717, 1.165) is 33.1 Å². The van der Waals surface area contributed by atoms with Crippen molar-refractivity contribution in [1.29, 1.82) is 0 Å². The number of carbonyl (C=O) groups is 4. The molecule has 0 atom stereocenters. The maximum Gasteiger partial charge on any atom is 0.337 e. The quantitative estimate of drug-likeness (QED) is 0.447. The average molecular weight is 425 g/mol. The number of nitrogens with zero attached hydrogens (tertiary/aromatic N) is 2. The lowest BCUT2D eigenvalue weighted by Gasteiger charge is -2.14. The molecule has 3 rings (SSSR count).